The average Bonchev–Trinajstić information content (AvgIpc) is 2.75. The molecule has 0 atom stereocenters. The molecular formula is C21H26N8. The zero-order valence-corrected chi connectivity index (χ0v) is 16.8. The molecule has 8 heteroatoms. The Morgan fingerprint density at radius 3 is 2.24 bits per heavy atom. The van der Waals surface area contributed by atoms with E-state index in [-0.39, 0.29) is 0 Å². The van der Waals surface area contributed by atoms with E-state index in [1.807, 2.05) is 48.5 Å². The highest BCUT2D eigenvalue weighted by molar-refractivity contribution is 5.59. The number of piperazine rings is 1. The van der Waals surface area contributed by atoms with Crippen molar-refractivity contribution in [3.63, 3.8) is 0 Å². The largest absolute Gasteiger partial charge is 0.340 e. The summed E-state index contributed by atoms with van der Waals surface area (Å²) < 4.78 is 0. The lowest BCUT2D eigenvalue weighted by atomic mass is 10.3. The van der Waals surface area contributed by atoms with E-state index in [9.17, 15) is 0 Å². The lowest BCUT2D eigenvalue weighted by Gasteiger charge is -2.32. The van der Waals surface area contributed by atoms with Gasteiger partial charge in [-0.1, -0.05) is 31.2 Å². The summed E-state index contributed by atoms with van der Waals surface area (Å²) in [5.41, 5.74) is 0.989. The molecule has 150 valence electrons. The van der Waals surface area contributed by atoms with Crippen LogP contribution in [0.3, 0.4) is 0 Å². The summed E-state index contributed by atoms with van der Waals surface area (Å²) in [5, 5.41) is 6.55. The minimum Gasteiger partial charge on any atom is -0.340 e. The number of hydrogen-bond donors (Lipinski definition) is 2. The van der Waals surface area contributed by atoms with Crippen molar-refractivity contribution in [1.82, 2.24) is 24.8 Å². The second-order valence-electron chi connectivity index (χ2n) is 7.04. The van der Waals surface area contributed by atoms with E-state index in [2.05, 4.69) is 54.3 Å². The molecule has 29 heavy (non-hydrogen) atoms. The molecule has 4 rings (SSSR count). The summed E-state index contributed by atoms with van der Waals surface area (Å²) in [6.45, 7) is 5.89. The van der Waals surface area contributed by atoms with Crippen molar-refractivity contribution in [3.05, 3.63) is 54.4 Å². The Labute approximate surface area is 171 Å². The maximum Gasteiger partial charge on any atom is 0.233 e. The maximum absolute atomic E-state index is 4.65. The molecule has 0 spiro atoms. The second kappa shape index (κ2) is 8.83. The van der Waals surface area contributed by atoms with Crippen LogP contribution in [0.4, 0.5) is 29.2 Å². The first-order chi connectivity index (χ1) is 14.2. The molecule has 1 fully saturated rings. The SMILES string of the molecule is CCc1nc(Nc2cccc(Nc3ccccc3)n2)nc(N2CCN(C)CC2)n1. The first-order valence-corrected chi connectivity index (χ1v) is 9.94. The normalized spacial score (nSPS) is 14.6. The summed E-state index contributed by atoms with van der Waals surface area (Å²) >= 11 is 0. The highest BCUT2D eigenvalue weighted by Gasteiger charge is 2.18. The topological polar surface area (TPSA) is 82.1 Å². The third kappa shape index (κ3) is 4.97. The third-order valence-corrected chi connectivity index (χ3v) is 4.81. The minimum atomic E-state index is 0.523. The maximum atomic E-state index is 4.65. The van der Waals surface area contributed by atoms with Crippen molar-refractivity contribution in [2.75, 3.05) is 48.8 Å². The number of para-hydroxylation sites is 1. The van der Waals surface area contributed by atoms with Crippen LogP contribution in [-0.2, 0) is 6.42 Å². The van der Waals surface area contributed by atoms with Crippen LogP contribution in [0.25, 0.3) is 0 Å². The zero-order valence-electron chi connectivity index (χ0n) is 16.8. The Kier molecular flexibility index (Phi) is 5.81. The van der Waals surface area contributed by atoms with Crippen LogP contribution in [0.2, 0.25) is 0 Å². The van der Waals surface area contributed by atoms with Gasteiger partial charge in [0.05, 0.1) is 0 Å². The van der Waals surface area contributed by atoms with Crippen LogP contribution in [-0.4, -0.2) is 58.1 Å². The van der Waals surface area contributed by atoms with Gasteiger partial charge in [-0.3, -0.25) is 0 Å². The van der Waals surface area contributed by atoms with E-state index in [1.54, 1.807) is 0 Å². The van der Waals surface area contributed by atoms with Gasteiger partial charge in [0.15, 0.2) is 0 Å². The molecule has 0 aliphatic carbocycles. The second-order valence-corrected chi connectivity index (χ2v) is 7.04. The van der Waals surface area contributed by atoms with Gasteiger partial charge in [-0.2, -0.15) is 15.0 Å². The van der Waals surface area contributed by atoms with Crippen LogP contribution >= 0.6 is 0 Å². The Hall–Kier alpha value is -3.26. The van der Waals surface area contributed by atoms with Crippen molar-refractivity contribution in [3.8, 4) is 0 Å². The number of aryl methyl sites for hydroxylation is 1. The highest BCUT2D eigenvalue weighted by Crippen LogP contribution is 2.19. The van der Waals surface area contributed by atoms with Gasteiger partial charge in [0.1, 0.15) is 17.5 Å². The fraction of sp³-hybridized carbons (Fsp3) is 0.333. The third-order valence-electron chi connectivity index (χ3n) is 4.81. The lowest BCUT2D eigenvalue weighted by Crippen LogP contribution is -2.45. The number of aromatic nitrogens is 4. The Bertz CT molecular complexity index is 938. The number of anilines is 5. The quantitative estimate of drug-likeness (QED) is 0.665. The molecular weight excluding hydrogens is 364 g/mol. The van der Waals surface area contributed by atoms with E-state index in [1.165, 1.54) is 0 Å². The Morgan fingerprint density at radius 1 is 0.793 bits per heavy atom. The predicted octanol–water partition coefficient (Wildman–Crippen LogP) is 3.07. The fourth-order valence-electron chi connectivity index (χ4n) is 3.13. The molecule has 8 nitrogen and oxygen atoms in total. The predicted molar refractivity (Wildman–Crippen MR) is 116 cm³/mol. The molecule has 2 N–H and O–H groups in total. The van der Waals surface area contributed by atoms with Crippen molar-refractivity contribution in [1.29, 1.82) is 0 Å². The molecule has 0 bridgehead atoms. The van der Waals surface area contributed by atoms with Crippen LogP contribution in [0, 0.1) is 0 Å². The van der Waals surface area contributed by atoms with Gasteiger partial charge in [-0.05, 0) is 31.3 Å². The summed E-state index contributed by atoms with van der Waals surface area (Å²) in [4.78, 5) is 23.0. The van der Waals surface area contributed by atoms with Crippen molar-refractivity contribution < 1.29 is 0 Å². The summed E-state index contributed by atoms with van der Waals surface area (Å²) in [6.07, 6.45) is 0.751. The van der Waals surface area contributed by atoms with Gasteiger partial charge in [-0.15, -0.1) is 0 Å². The van der Waals surface area contributed by atoms with Gasteiger partial charge in [0, 0.05) is 38.3 Å². The highest BCUT2D eigenvalue weighted by atomic mass is 15.3. The van der Waals surface area contributed by atoms with E-state index < -0.39 is 0 Å². The van der Waals surface area contributed by atoms with Crippen molar-refractivity contribution in [2.24, 2.45) is 0 Å². The van der Waals surface area contributed by atoms with Crippen LogP contribution in [0.1, 0.15) is 12.7 Å². The molecule has 1 aromatic carbocycles. The van der Waals surface area contributed by atoms with Gasteiger partial charge in [-0.25, -0.2) is 4.98 Å². The fourth-order valence-corrected chi connectivity index (χ4v) is 3.13. The number of nitrogens with zero attached hydrogens (tertiary/aromatic N) is 6. The average molecular weight is 390 g/mol. The van der Waals surface area contributed by atoms with Gasteiger partial charge < -0.3 is 20.4 Å². The molecule has 0 radical (unpaired) electrons. The van der Waals surface area contributed by atoms with Crippen LogP contribution < -0.4 is 15.5 Å². The molecule has 0 saturated carbocycles. The molecule has 3 heterocycles. The number of benzene rings is 1. The summed E-state index contributed by atoms with van der Waals surface area (Å²) in [6, 6.07) is 15.8. The number of rotatable bonds is 6. The molecule has 0 unspecified atom stereocenters. The zero-order chi connectivity index (χ0) is 20.1. The standard InChI is InChI=1S/C21H26N8/c1-3-17-24-20(27-21(26-17)29-14-12-28(2)13-15-29)25-19-11-7-10-18(23-19)22-16-8-5-4-6-9-16/h4-11H,3,12-15H2,1-2H3,(H2,22,23,24,25,26,27). The molecule has 2 aromatic heterocycles. The first-order valence-electron chi connectivity index (χ1n) is 9.94. The summed E-state index contributed by atoms with van der Waals surface area (Å²) in [7, 11) is 2.14. The van der Waals surface area contributed by atoms with Gasteiger partial charge in [0.2, 0.25) is 11.9 Å². The number of likely N-dealkylation sites (N-methyl/N-ethyl adjacent to an activating group) is 1. The number of pyridine rings is 1. The molecule has 1 saturated heterocycles. The monoisotopic (exact) mass is 390 g/mol. The Morgan fingerprint density at radius 2 is 1.52 bits per heavy atom. The van der Waals surface area contributed by atoms with Gasteiger partial charge >= 0.3 is 0 Å². The van der Waals surface area contributed by atoms with E-state index >= 15 is 0 Å². The van der Waals surface area contributed by atoms with Crippen LogP contribution in [0.5, 0.6) is 0 Å². The molecule has 0 amide bonds. The number of nitrogens with one attached hydrogen (secondary N) is 2. The van der Waals surface area contributed by atoms with E-state index in [0.717, 1.165) is 55.9 Å². The van der Waals surface area contributed by atoms with Crippen LogP contribution in [0.15, 0.2) is 48.5 Å². The lowest BCUT2D eigenvalue weighted by molar-refractivity contribution is 0.311. The number of hydrogen-bond acceptors (Lipinski definition) is 8. The van der Waals surface area contributed by atoms with Gasteiger partial charge in [0.25, 0.3) is 0 Å². The minimum absolute atomic E-state index is 0.523. The first kappa shape index (κ1) is 19.1. The molecule has 3 aromatic rings. The van der Waals surface area contributed by atoms with Crippen molar-refractivity contribution >= 4 is 29.2 Å². The summed E-state index contributed by atoms with van der Waals surface area (Å²) in [5.74, 6) is 3.46. The Balaban J connectivity index is 1.53. The van der Waals surface area contributed by atoms with E-state index in [0.29, 0.717) is 11.8 Å². The van der Waals surface area contributed by atoms with Crippen molar-refractivity contribution in [2.45, 2.75) is 13.3 Å². The molecule has 1 aliphatic rings. The molecule has 1 aliphatic heterocycles. The van der Waals surface area contributed by atoms with E-state index in [4.69, 9.17) is 0 Å². The smallest absolute Gasteiger partial charge is 0.233 e.